The van der Waals surface area contributed by atoms with E-state index < -0.39 is 0 Å². The summed E-state index contributed by atoms with van der Waals surface area (Å²) >= 11 is 3.63. The Bertz CT molecular complexity index is 811. The third kappa shape index (κ3) is 3.89. The molecule has 0 unspecified atom stereocenters. The van der Waals surface area contributed by atoms with Gasteiger partial charge < -0.3 is 9.47 Å². The van der Waals surface area contributed by atoms with Gasteiger partial charge in [0.15, 0.2) is 23.0 Å². The van der Waals surface area contributed by atoms with Crippen LogP contribution in [-0.4, -0.2) is 0 Å². The number of ether oxygens (including phenoxy) is 2. The SMILES string of the molecule is CCCc1c(CCC)c(CCC)c2c(c1CCC)Oc1cccc(Br)c1O2. The third-order valence-electron chi connectivity index (χ3n) is 5.19. The van der Waals surface area contributed by atoms with Crippen LogP contribution in [0.25, 0.3) is 0 Å². The van der Waals surface area contributed by atoms with Gasteiger partial charge in [-0.2, -0.15) is 0 Å². The standard InChI is InChI=1S/C24H31BrO2/c1-5-10-16-17(11-6-2)19(13-8-4)23-22(18(16)12-7-3)26-21-15-9-14-20(25)24(21)27-23/h9,14-15H,5-8,10-13H2,1-4H3. The maximum atomic E-state index is 6.53. The van der Waals surface area contributed by atoms with Crippen LogP contribution in [0.1, 0.15) is 75.6 Å². The second-order valence-corrected chi connectivity index (χ2v) is 8.20. The Labute approximate surface area is 172 Å². The van der Waals surface area contributed by atoms with Crippen LogP contribution in [0.15, 0.2) is 22.7 Å². The smallest absolute Gasteiger partial charge is 0.184 e. The van der Waals surface area contributed by atoms with Crippen LogP contribution in [0.4, 0.5) is 0 Å². The number of hydrogen-bond acceptors (Lipinski definition) is 2. The number of hydrogen-bond donors (Lipinski definition) is 0. The maximum absolute atomic E-state index is 6.53. The number of para-hydroxylation sites is 1. The molecule has 27 heavy (non-hydrogen) atoms. The molecule has 0 radical (unpaired) electrons. The number of benzene rings is 2. The van der Waals surface area contributed by atoms with Crippen molar-refractivity contribution >= 4 is 15.9 Å². The van der Waals surface area contributed by atoms with Crippen molar-refractivity contribution < 1.29 is 9.47 Å². The molecule has 0 bridgehead atoms. The van der Waals surface area contributed by atoms with Gasteiger partial charge in [0.05, 0.1) is 4.47 Å². The lowest BCUT2D eigenvalue weighted by Gasteiger charge is -2.30. The van der Waals surface area contributed by atoms with Crippen LogP contribution in [0, 0.1) is 0 Å². The summed E-state index contributed by atoms with van der Waals surface area (Å²) < 4.78 is 14.0. The van der Waals surface area contributed by atoms with Crippen LogP contribution in [0.3, 0.4) is 0 Å². The van der Waals surface area contributed by atoms with Crippen molar-refractivity contribution in [2.45, 2.75) is 79.1 Å². The summed E-state index contributed by atoms with van der Waals surface area (Å²) in [5.41, 5.74) is 5.76. The lowest BCUT2D eigenvalue weighted by atomic mass is 9.85. The first-order chi connectivity index (χ1) is 13.2. The fraction of sp³-hybridized carbons (Fsp3) is 0.500. The lowest BCUT2D eigenvalue weighted by molar-refractivity contribution is 0.349. The van der Waals surface area contributed by atoms with E-state index in [1.165, 1.54) is 22.3 Å². The Morgan fingerprint density at radius 3 is 1.63 bits per heavy atom. The molecule has 3 heteroatoms. The maximum Gasteiger partial charge on any atom is 0.184 e. The van der Waals surface area contributed by atoms with E-state index in [2.05, 4.69) is 43.6 Å². The first-order valence-corrected chi connectivity index (χ1v) is 11.3. The highest BCUT2D eigenvalue weighted by Crippen LogP contribution is 2.53. The molecule has 0 saturated carbocycles. The van der Waals surface area contributed by atoms with Crippen molar-refractivity contribution in [3.63, 3.8) is 0 Å². The highest BCUT2D eigenvalue weighted by Gasteiger charge is 2.30. The van der Waals surface area contributed by atoms with E-state index in [0.29, 0.717) is 0 Å². The van der Waals surface area contributed by atoms with Gasteiger partial charge in [0.2, 0.25) is 0 Å². The summed E-state index contributed by atoms with van der Waals surface area (Å²) in [5.74, 6) is 3.54. The molecule has 0 saturated heterocycles. The fourth-order valence-corrected chi connectivity index (χ4v) is 4.57. The van der Waals surface area contributed by atoms with Crippen LogP contribution < -0.4 is 9.47 Å². The van der Waals surface area contributed by atoms with Gasteiger partial charge in [0.1, 0.15) is 0 Å². The minimum atomic E-state index is 0.801. The second-order valence-electron chi connectivity index (χ2n) is 7.34. The predicted molar refractivity (Wildman–Crippen MR) is 117 cm³/mol. The Hall–Kier alpha value is -1.48. The molecule has 3 rings (SSSR count). The lowest BCUT2D eigenvalue weighted by Crippen LogP contribution is -2.12. The summed E-state index contributed by atoms with van der Waals surface area (Å²) in [7, 11) is 0. The van der Waals surface area contributed by atoms with Gasteiger partial charge in [0.25, 0.3) is 0 Å². The predicted octanol–water partition coefficient (Wildman–Crippen LogP) is 8.16. The molecule has 0 aromatic heterocycles. The molecule has 0 spiro atoms. The number of fused-ring (bicyclic) bond motifs is 2. The van der Waals surface area contributed by atoms with Crippen LogP contribution in [0.5, 0.6) is 23.0 Å². The zero-order valence-corrected chi connectivity index (χ0v) is 18.7. The Balaban J connectivity index is 2.28. The molecule has 1 aliphatic rings. The van der Waals surface area contributed by atoms with Crippen molar-refractivity contribution in [3.8, 4) is 23.0 Å². The molecule has 2 aromatic carbocycles. The van der Waals surface area contributed by atoms with Crippen LogP contribution >= 0.6 is 15.9 Å². The largest absolute Gasteiger partial charge is 0.449 e. The molecule has 0 fully saturated rings. The minimum absolute atomic E-state index is 0.801. The Morgan fingerprint density at radius 1 is 0.630 bits per heavy atom. The Kier molecular flexibility index (Phi) is 6.86. The summed E-state index contributed by atoms with van der Waals surface area (Å²) in [5, 5.41) is 0. The van der Waals surface area contributed by atoms with E-state index in [1.807, 2.05) is 18.2 Å². The van der Waals surface area contributed by atoms with E-state index in [0.717, 1.165) is 78.8 Å². The summed E-state index contributed by atoms with van der Waals surface area (Å²) in [6, 6.07) is 6.01. The molecular weight excluding hydrogens is 400 g/mol. The summed E-state index contributed by atoms with van der Waals surface area (Å²) in [6.45, 7) is 9.03. The van der Waals surface area contributed by atoms with Gasteiger partial charge in [-0.15, -0.1) is 0 Å². The van der Waals surface area contributed by atoms with Crippen molar-refractivity contribution in [3.05, 3.63) is 44.9 Å². The van der Waals surface area contributed by atoms with Crippen molar-refractivity contribution in [1.29, 1.82) is 0 Å². The van der Waals surface area contributed by atoms with E-state index in [9.17, 15) is 0 Å². The molecule has 1 heterocycles. The average molecular weight is 431 g/mol. The Morgan fingerprint density at radius 2 is 1.11 bits per heavy atom. The molecule has 146 valence electrons. The van der Waals surface area contributed by atoms with Gasteiger partial charge in [-0.1, -0.05) is 59.4 Å². The monoisotopic (exact) mass is 430 g/mol. The molecular formula is C24H31BrO2. The van der Waals surface area contributed by atoms with Crippen molar-refractivity contribution in [2.75, 3.05) is 0 Å². The summed E-state index contributed by atoms with van der Waals surface area (Å²) in [4.78, 5) is 0. The van der Waals surface area contributed by atoms with Gasteiger partial charge in [0, 0.05) is 11.1 Å². The molecule has 1 aliphatic heterocycles. The number of halogens is 1. The van der Waals surface area contributed by atoms with Gasteiger partial charge in [-0.3, -0.25) is 0 Å². The van der Waals surface area contributed by atoms with Gasteiger partial charge in [-0.25, -0.2) is 0 Å². The highest BCUT2D eigenvalue weighted by molar-refractivity contribution is 9.10. The molecule has 0 aliphatic carbocycles. The summed E-state index contributed by atoms with van der Waals surface area (Å²) in [6.07, 6.45) is 8.81. The number of rotatable bonds is 8. The van der Waals surface area contributed by atoms with Crippen LogP contribution in [-0.2, 0) is 25.7 Å². The molecule has 2 nitrogen and oxygen atoms in total. The molecule has 0 atom stereocenters. The van der Waals surface area contributed by atoms with Gasteiger partial charge >= 0.3 is 0 Å². The van der Waals surface area contributed by atoms with Crippen molar-refractivity contribution in [1.82, 2.24) is 0 Å². The normalized spacial score (nSPS) is 12.2. The van der Waals surface area contributed by atoms with E-state index in [4.69, 9.17) is 9.47 Å². The first-order valence-electron chi connectivity index (χ1n) is 10.5. The topological polar surface area (TPSA) is 18.5 Å². The fourth-order valence-electron chi connectivity index (χ4n) is 4.14. The van der Waals surface area contributed by atoms with Gasteiger partial charge in [-0.05, 0) is 64.9 Å². The van der Waals surface area contributed by atoms with Crippen molar-refractivity contribution in [2.24, 2.45) is 0 Å². The van der Waals surface area contributed by atoms with E-state index >= 15 is 0 Å². The zero-order valence-electron chi connectivity index (χ0n) is 17.1. The quantitative estimate of drug-likeness (QED) is 0.358. The van der Waals surface area contributed by atoms with E-state index in [-0.39, 0.29) is 0 Å². The molecule has 0 N–H and O–H groups in total. The first kappa shape index (κ1) is 20.3. The average Bonchev–Trinajstić information content (AvgIpc) is 2.66. The second kappa shape index (κ2) is 9.14. The van der Waals surface area contributed by atoms with E-state index in [1.54, 1.807) is 0 Å². The third-order valence-corrected chi connectivity index (χ3v) is 5.82. The van der Waals surface area contributed by atoms with Crippen LogP contribution in [0.2, 0.25) is 0 Å². The molecule has 2 aromatic rings. The minimum Gasteiger partial charge on any atom is -0.449 e. The zero-order chi connectivity index (χ0) is 19.4. The highest BCUT2D eigenvalue weighted by atomic mass is 79.9. The molecule has 0 amide bonds.